The third kappa shape index (κ3) is 2.63. The summed E-state index contributed by atoms with van der Waals surface area (Å²) >= 11 is 0. The number of furan rings is 1. The smallest absolute Gasteiger partial charge is 0.169 e. The fourth-order valence-electron chi connectivity index (χ4n) is 2.20. The first kappa shape index (κ1) is 13.3. The van der Waals surface area contributed by atoms with E-state index in [9.17, 15) is 14.3 Å². The third-order valence-corrected chi connectivity index (χ3v) is 3.22. The number of aliphatic hydroxyl groups is 1. The number of nitrogens with zero attached hydrogens (tertiary/aromatic N) is 1. The number of ketones is 1. The maximum atomic E-state index is 13.0. The molecule has 21 heavy (non-hydrogen) atoms. The van der Waals surface area contributed by atoms with Crippen molar-refractivity contribution in [1.29, 1.82) is 0 Å². The normalized spacial score (nSPS) is 15.9. The minimum absolute atomic E-state index is 0.0114. The van der Waals surface area contributed by atoms with Gasteiger partial charge in [-0.2, -0.15) is 0 Å². The zero-order valence-corrected chi connectivity index (χ0v) is 11.0. The molecule has 4 nitrogen and oxygen atoms in total. The average molecular weight is 285 g/mol. The Labute approximate surface area is 120 Å². The molecule has 0 radical (unpaired) electrons. The Kier molecular flexibility index (Phi) is 3.39. The highest BCUT2D eigenvalue weighted by atomic mass is 19.1. The van der Waals surface area contributed by atoms with Crippen LogP contribution < -0.4 is 0 Å². The number of carbonyl (C=O) groups is 1. The largest absolute Gasteiger partial charge is 0.511 e. The molecule has 0 unspecified atom stereocenters. The molecular weight excluding hydrogens is 273 g/mol. The predicted molar refractivity (Wildman–Crippen MR) is 75.2 cm³/mol. The second-order valence-corrected chi connectivity index (χ2v) is 4.66. The molecule has 0 saturated heterocycles. The number of aliphatic hydroxyl groups excluding tert-OH is 1. The second kappa shape index (κ2) is 5.36. The number of hydrogen-bond donors (Lipinski definition) is 1. The summed E-state index contributed by atoms with van der Waals surface area (Å²) in [5.74, 6) is -0.148. The number of carbonyl (C=O) groups excluding carboxylic acids is 1. The Morgan fingerprint density at radius 3 is 2.52 bits per heavy atom. The number of aliphatic imine (C=N–C) groups is 1. The van der Waals surface area contributed by atoms with Gasteiger partial charge in [-0.05, 0) is 36.4 Å². The van der Waals surface area contributed by atoms with Gasteiger partial charge in [-0.3, -0.25) is 4.79 Å². The summed E-state index contributed by atoms with van der Waals surface area (Å²) in [6, 6.07) is 8.89. The van der Waals surface area contributed by atoms with Crippen LogP contribution in [0, 0.1) is 5.82 Å². The molecule has 0 aliphatic heterocycles. The predicted octanol–water partition coefficient (Wildman–Crippen LogP) is 3.71. The van der Waals surface area contributed by atoms with Gasteiger partial charge in [-0.1, -0.05) is 0 Å². The molecule has 0 fully saturated rings. The maximum Gasteiger partial charge on any atom is 0.169 e. The molecule has 1 heterocycles. The Hall–Kier alpha value is -2.69. The van der Waals surface area contributed by atoms with Crippen molar-refractivity contribution in [2.24, 2.45) is 4.99 Å². The average Bonchev–Trinajstić information content (AvgIpc) is 3.10. The lowest BCUT2D eigenvalue weighted by Gasteiger charge is -2.05. The molecule has 1 aromatic carbocycles. The van der Waals surface area contributed by atoms with Gasteiger partial charge in [0.2, 0.25) is 0 Å². The van der Waals surface area contributed by atoms with E-state index in [0.29, 0.717) is 17.9 Å². The highest BCUT2D eigenvalue weighted by Crippen LogP contribution is 2.27. The lowest BCUT2D eigenvalue weighted by atomic mass is 10.1. The van der Waals surface area contributed by atoms with Gasteiger partial charge in [0, 0.05) is 12.8 Å². The lowest BCUT2D eigenvalue weighted by molar-refractivity contribution is -0.114. The summed E-state index contributed by atoms with van der Waals surface area (Å²) in [6.07, 6.45) is 2.02. The van der Waals surface area contributed by atoms with Crippen molar-refractivity contribution in [2.75, 3.05) is 0 Å². The molecule has 0 atom stereocenters. The first-order chi connectivity index (χ1) is 10.1. The zero-order valence-electron chi connectivity index (χ0n) is 11.0. The van der Waals surface area contributed by atoms with Gasteiger partial charge in [0.1, 0.15) is 17.3 Å². The van der Waals surface area contributed by atoms with E-state index in [4.69, 9.17) is 4.42 Å². The van der Waals surface area contributed by atoms with Crippen LogP contribution in [0.5, 0.6) is 0 Å². The summed E-state index contributed by atoms with van der Waals surface area (Å²) < 4.78 is 18.3. The van der Waals surface area contributed by atoms with Gasteiger partial charge in [-0.15, -0.1) is 0 Å². The van der Waals surface area contributed by atoms with Crippen LogP contribution in [-0.4, -0.2) is 16.6 Å². The number of halogens is 1. The van der Waals surface area contributed by atoms with Crippen LogP contribution in [0.3, 0.4) is 0 Å². The van der Waals surface area contributed by atoms with E-state index in [0.717, 1.165) is 0 Å². The van der Waals surface area contributed by atoms with E-state index in [1.54, 1.807) is 12.1 Å². The molecule has 2 aromatic rings. The molecule has 106 valence electrons. The number of benzene rings is 1. The maximum absolute atomic E-state index is 13.0. The fraction of sp³-hybridized carbons (Fsp3) is 0.125. The van der Waals surface area contributed by atoms with Gasteiger partial charge in [0.25, 0.3) is 0 Å². The standard InChI is InChI=1S/C16H12FNO3/c17-10-3-5-11(6-4-10)18-16(14-2-1-9-21-14)15-12(19)7-8-13(15)20/h1-6,9,19H,7-8H2. The SMILES string of the molecule is O=C1CCC(O)=C1C(=Nc1ccc(F)cc1)c1ccco1. The molecule has 1 aliphatic carbocycles. The molecule has 5 heteroatoms. The van der Waals surface area contributed by atoms with E-state index < -0.39 is 0 Å². The summed E-state index contributed by atoms with van der Waals surface area (Å²) in [5, 5.41) is 9.93. The van der Waals surface area contributed by atoms with Crippen LogP contribution in [0.1, 0.15) is 18.6 Å². The molecule has 0 spiro atoms. The van der Waals surface area contributed by atoms with Crippen LogP contribution in [-0.2, 0) is 4.79 Å². The minimum atomic E-state index is -0.368. The van der Waals surface area contributed by atoms with Crippen molar-refractivity contribution in [3.63, 3.8) is 0 Å². The van der Waals surface area contributed by atoms with Gasteiger partial charge in [0.15, 0.2) is 11.5 Å². The van der Waals surface area contributed by atoms with Crippen LogP contribution >= 0.6 is 0 Å². The van der Waals surface area contributed by atoms with Gasteiger partial charge in [0.05, 0.1) is 17.5 Å². The Bertz CT molecular complexity index is 727. The van der Waals surface area contributed by atoms with Gasteiger partial charge < -0.3 is 9.52 Å². The van der Waals surface area contributed by atoms with E-state index in [-0.39, 0.29) is 35.1 Å². The highest BCUT2D eigenvalue weighted by Gasteiger charge is 2.29. The van der Waals surface area contributed by atoms with Crippen molar-refractivity contribution in [3.05, 3.63) is 65.6 Å². The van der Waals surface area contributed by atoms with Crippen molar-refractivity contribution < 1.29 is 18.7 Å². The second-order valence-electron chi connectivity index (χ2n) is 4.66. The fourth-order valence-corrected chi connectivity index (χ4v) is 2.20. The summed E-state index contributed by atoms with van der Waals surface area (Å²) in [4.78, 5) is 16.3. The summed E-state index contributed by atoms with van der Waals surface area (Å²) in [7, 11) is 0. The summed E-state index contributed by atoms with van der Waals surface area (Å²) in [6.45, 7) is 0. The number of allylic oxidation sites excluding steroid dienone is 2. The van der Waals surface area contributed by atoms with Crippen molar-refractivity contribution in [3.8, 4) is 0 Å². The zero-order chi connectivity index (χ0) is 14.8. The number of hydrogen-bond acceptors (Lipinski definition) is 4. The van der Waals surface area contributed by atoms with Gasteiger partial charge in [-0.25, -0.2) is 9.38 Å². The molecular formula is C16H12FNO3. The van der Waals surface area contributed by atoms with E-state index in [1.165, 1.54) is 30.5 Å². The highest BCUT2D eigenvalue weighted by molar-refractivity contribution is 6.29. The Morgan fingerprint density at radius 2 is 1.95 bits per heavy atom. The third-order valence-electron chi connectivity index (χ3n) is 3.22. The van der Waals surface area contributed by atoms with Crippen LogP contribution in [0.2, 0.25) is 0 Å². The first-order valence-electron chi connectivity index (χ1n) is 6.49. The molecule has 3 rings (SSSR count). The van der Waals surface area contributed by atoms with E-state index in [1.807, 2.05) is 0 Å². The van der Waals surface area contributed by atoms with Crippen LogP contribution in [0.4, 0.5) is 10.1 Å². The summed E-state index contributed by atoms with van der Waals surface area (Å²) in [5.41, 5.74) is 0.920. The molecule has 1 aliphatic rings. The lowest BCUT2D eigenvalue weighted by Crippen LogP contribution is -2.11. The van der Waals surface area contributed by atoms with Crippen molar-refractivity contribution >= 4 is 17.2 Å². The Balaban J connectivity index is 2.11. The molecule has 1 aromatic heterocycles. The molecule has 0 amide bonds. The monoisotopic (exact) mass is 285 g/mol. The van der Waals surface area contributed by atoms with E-state index in [2.05, 4.69) is 4.99 Å². The van der Waals surface area contributed by atoms with E-state index >= 15 is 0 Å². The number of Topliss-reactive ketones (excluding diaryl/α,β-unsaturated/α-hetero) is 1. The molecule has 0 saturated carbocycles. The minimum Gasteiger partial charge on any atom is -0.511 e. The van der Waals surface area contributed by atoms with Crippen LogP contribution in [0.15, 0.2) is 63.4 Å². The Morgan fingerprint density at radius 1 is 1.19 bits per heavy atom. The van der Waals surface area contributed by atoms with Crippen molar-refractivity contribution in [2.45, 2.75) is 12.8 Å². The van der Waals surface area contributed by atoms with Crippen LogP contribution in [0.25, 0.3) is 0 Å². The van der Waals surface area contributed by atoms with Crippen molar-refractivity contribution in [1.82, 2.24) is 0 Å². The molecule has 1 N–H and O–H groups in total. The first-order valence-corrected chi connectivity index (χ1v) is 6.49. The topological polar surface area (TPSA) is 62.8 Å². The quantitative estimate of drug-likeness (QED) is 0.874. The number of rotatable bonds is 3. The van der Waals surface area contributed by atoms with Gasteiger partial charge >= 0.3 is 0 Å². The molecule has 0 bridgehead atoms.